The number of fused-ring (bicyclic) bond motifs is 1. The minimum atomic E-state index is 0.638. The van der Waals surface area contributed by atoms with Crippen LogP contribution in [0.5, 0.6) is 0 Å². The number of allylic oxidation sites excluding steroid dienone is 1. The molecule has 1 aromatic carbocycles. The van der Waals surface area contributed by atoms with Gasteiger partial charge in [-0.15, -0.1) is 0 Å². The first-order valence-electron chi connectivity index (χ1n) is 7.28. The molecular formula is C18H13N5. The van der Waals surface area contributed by atoms with Crippen LogP contribution in [-0.4, -0.2) is 22.7 Å². The van der Waals surface area contributed by atoms with Crippen LogP contribution in [0.4, 0.5) is 11.5 Å². The maximum atomic E-state index is 8.83. The Labute approximate surface area is 133 Å². The molecule has 5 heteroatoms. The average molecular weight is 299 g/mol. The Morgan fingerprint density at radius 3 is 2.78 bits per heavy atom. The summed E-state index contributed by atoms with van der Waals surface area (Å²) < 4.78 is 0. The maximum Gasteiger partial charge on any atom is 0.132 e. The first-order valence-corrected chi connectivity index (χ1v) is 7.28. The van der Waals surface area contributed by atoms with E-state index in [-0.39, 0.29) is 0 Å². The van der Waals surface area contributed by atoms with Gasteiger partial charge in [0.1, 0.15) is 5.82 Å². The summed E-state index contributed by atoms with van der Waals surface area (Å²) in [5, 5.41) is 13.1. The van der Waals surface area contributed by atoms with E-state index in [4.69, 9.17) is 5.26 Å². The van der Waals surface area contributed by atoms with E-state index >= 15 is 0 Å². The highest BCUT2D eigenvalue weighted by atomic mass is 15.0. The Hall–Kier alpha value is -3.39. The lowest BCUT2D eigenvalue weighted by Gasteiger charge is -2.05. The molecule has 0 saturated heterocycles. The number of aromatic nitrogens is 2. The van der Waals surface area contributed by atoms with Crippen molar-refractivity contribution in [1.82, 2.24) is 9.97 Å². The monoisotopic (exact) mass is 299 g/mol. The van der Waals surface area contributed by atoms with Crippen molar-refractivity contribution in [3.05, 3.63) is 59.9 Å². The van der Waals surface area contributed by atoms with Crippen molar-refractivity contribution in [2.75, 3.05) is 11.9 Å². The Bertz CT molecular complexity index is 971. The first-order chi connectivity index (χ1) is 11.3. The number of aromatic amines is 1. The van der Waals surface area contributed by atoms with Gasteiger partial charge in [0.2, 0.25) is 0 Å². The van der Waals surface area contributed by atoms with Crippen LogP contribution in [0.3, 0.4) is 0 Å². The molecule has 0 saturated carbocycles. The van der Waals surface area contributed by atoms with Crippen LogP contribution in [0, 0.1) is 11.3 Å². The summed E-state index contributed by atoms with van der Waals surface area (Å²) in [6, 6.07) is 13.4. The van der Waals surface area contributed by atoms with Gasteiger partial charge in [-0.1, -0.05) is 6.08 Å². The van der Waals surface area contributed by atoms with Gasteiger partial charge in [-0.25, -0.2) is 4.98 Å². The van der Waals surface area contributed by atoms with Gasteiger partial charge in [0.25, 0.3) is 0 Å². The lowest BCUT2D eigenvalue weighted by molar-refractivity contribution is 1.29. The van der Waals surface area contributed by atoms with Crippen LogP contribution in [0.25, 0.3) is 16.5 Å². The zero-order chi connectivity index (χ0) is 15.6. The van der Waals surface area contributed by atoms with E-state index in [2.05, 4.69) is 38.5 Å². The first kappa shape index (κ1) is 13.3. The highest BCUT2D eigenvalue weighted by Gasteiger charge is 2.08. The fraction of sp³-hybridized carbons (Fsp3) is 0.0556. The van der Waals surface area contributed by atoms with E-state index in [1.165, 1.54) is 0 Å². The third-order valence-corrected chi connectivity index (χ3v) is 3.75. The predicted molar refractivity (Wildman–Crippen MR) is 91.9 cm³/mol. The number of pyridine rings is 1. The van der Waals surface area contributed by atoms with Gasteiger partial charge in [-0.3, -0.25) is 4.99 Å². The van der Waals surface area contributed by atoms with E-state index in [9.17, 15) is 0 Å². The van der Waals surface area contributed by atoms with Crippen molar-refractivity contribution in [3.63, 3.8) is 0 Å². The third kappa shape index (κ3) is 2.58. The molecule has 0 radical (unpaired) electrons. The fourth-order valence-electron chi connectivity index (χ4n) is 2.56. The van der Waals surface area contributed by atoms with Gasteiger partial charge in [0, 0.05) is 40.8 Å². The molecule has 2 N–H and O–H groups in total. The van der Waals surface area contributed by atoms with Gasteiger partial charge in [0.15, 0.2) is 0 Å². The van der Waals surface area contributed by atoms with Crippen LogP contribution in [0.2, 0.25) is 0 Å². The van der Waals surface area contributed by atoms with E-state index in [0.29, 0.717) is 5.56 Å². The molecule has 3 heterocycles. The zero-order valence-corrected chi connectivity index (χ0v) is 12.2. The summed E-state index contributed by atoms with van der Waals surface area (Å²) in [5.74, 6) is 0.754. The summed E-state index contributed by atoms with van der Waals surface area (Å²) in [6.07, 6.45) is 5.82. The largest absolute Gasteiger partial charge is 0.354 e. The van der Waals surface area contributed by atoms with Crippen LogP contribution >= 0.6 is 0 Å². The molecule has 2 aromatic heterocycles. The topological polar surface area (TPSA) is 76.9 Å². The smallest absolute Gasteiger partial charge is 0.132 e. The number of rotatable bonds is 3. The molecule has 0 unspecified atom stereocenters. The third-order valence-electron chi connectivity index (χ3n) is 3.75. The molecule has 0 fully saturated rings. The van der Waals surface area contributed by atoms with Crippen molar-refractivity contribution in [3.8, 4) is 6.07 Å². The zero-order valence-electron chi connectivity index (χ0n) is 12.2. The molecule has 5 nitrogen and oxygen atoms in total. The van der Waals surface area contributed by atoms with Gasteiger partial charge in [0.05, 0.1) is 23.7 Å². The Balaban J connectivity index is 1.63. The Morgan fingerprint density at radius 2 is 2.04 bits per heavy atom. The number of benzene rings is 1. The highest BCUT2D eigenvalue weighted by Crippen LogP contribution is 2.24. The second-order valence-corrected chi connectivity index (χ2v) is 5.31. The number of hydrogen-bond donors (Lipinski definition) is 2. The standard InChI is InChI=1S/C18H13N5/c19-9-12-1-3-15(4-2-12)22-18-8-17-14(11-21-18)7-16(23-17)13-5-6-20-10-13/h1-5,7-8,10-11,23H,6H2,(H,21,22). The predicted octanol–water partition coefficient (Wildman–Crippen LogP) is 3.65. The maximum absolute atomic E-state index is 8.83. The van der Waals surface area contributed by atoms with Crippen LogP contribution in [0.15, 0.2) is 53.7 Å². The summed E-state index contributed by atoms with van der Waals surface area (Å²) in [4.78, 5) is 12.0. The van der Waals surface area contributed by atoms with Crippen LogP contribution < -0.4 is 5.32 Å². The molecule has 0 amide bonds. The van der Waals surface area contributed by atoms with E-state index in [1.54, 1.807) is 12.1 Å². The number of hydrogen-bond acceptors (Lipinski definition) is 4. The summed E-state index contributed by atoms with van der Waals surface area (Å²) in [6.45, 7) is 0.744. The number of nitriles is 1. The quantitative estimate of drug-likeness (QED) is 0.775. The molecular weight excluding hydrogens is 286 g/mol. The van der Waals surface area contributed by atoms with Crippen molar-refractivity contribution < 1.29 is 0 Å². The Morgan fingerprint density at radius 1 is 1.17 bits per heavy atom. The average Bonchev–Trinajstić information content (AvgIpc) is 3.24. The van der Waals surface area contributed by atoms with Crippen molar-refractivity contribution in [1.29, 1.82) is 5.26 Å². The van der Waals surface area contributed by atoms with E-state index < -0.39 is 0 Å². The number of anilines is 2. The molecule has 1 aliphatic rings. The van der Waals surface area contributed by atoms with Crippen molar-refractivity contribution in [2.45, 2.75) is 0 Å². The molecule has 23 heavy (non-hydrogen) atoms. The summed E-state index contributed by atoms with van der Waals surface area (Å²) in [7, 11) is 0. The fourth-order valence-corrected chi connectivity index (χ4v) is 2.56. The Kier molecular flexibility index (Phi) is 3.13. The van der Waals surface area contributed by atoms with Crippen molar-refractivity contribution in [2.24, 2.45) is 4.99 Å². The van der Waals surface area contributed by atoms with Crippen molar-refractivity contribution >= 4 is 34.2 Å². The van der Waals surface area contributed by atoms with E-state index in [0.717, 1.165) is 40.2 Å². The van der Waals surface area contributed by atoms with Gasteiger partial charge < -0.3 is 10.3 Å². The van der Waals surface area contributed by atoms with Crippen LogP contribution in [-0.2, 0) is 0 Å². The number of H-pyrrole nitrogens is 1. The molecule has 110 valence electrons. The number of nitrogens with zero attached hydrogens (tertiary/aromatic N) is 3. The minimum absolute atomic E-state index is 0.638. The molecule has 3 aromatic rings. The lowest BCUT2D eigenvalue weighted by Crippen LogP contribution is -1.93. The van der Waals surface area contributed by atoms with Gasteiger partial charge in [-0.05, 0) is 30.3 Å². The molecule has 0 atom stereocenters. The number of nitrogens with one attached hydrogen (secondary N) is 2. The molecule has 1 aliphatic heterocycles. The normalized spacial score (nSPS) is 13.1. The number of aliphatic imine (C=N–C) groups is 1. The molecule has 0 bridgehead atoms. The van der Waals surface area contributed by atoms with Gasteiger partial charge >= 0.3 is 0 Å². The SMILES string of the molecule is N#Cc1ccc(Nc2cc3[nH]c(C4=CCN=C4)cc3cn2)cc1. The molecule has 0 spiro atoms. The second kappa shape index (κ2) is 5.43. The summed E-state index contributed by atoms with van der Waals surface area (Å²) >= 11 is 0. The highest BCUT2D eigenvalue weighted by molar-refractivity contribution is 6.12. The van der Waals surface area contributed by atoms with Crippen LogP contribution in [0.1, 0.15) is 11.3 Å². The molecule has 4 rings (SSSR count). The molecule has 0 aliphatic carbocycles. The summed E-state index contributed by atoms with van der Waals surface area (Å²) in [5.41, 5.74) is 4.72. The lowest BCUT2D eigenvalue weighted by atomic mass is 10.2. The van der Waals surface area contributed by atoms with E-state index in [1.807, 2.05) is 30.6 Å². The van der Waals surface area contributed by atoms with Gasteiger partial charge in [-0.2, -0.15) is 5.26 Å². The minimum Gasteiger partial charge on any atom is -0.354 e. The second-order valence-electron chi connectivity index (χ2n) is 5.31.